The Morgan fingerprint density at radius 1 is 1.25 bits per heavy atom. The van der Waals surface area contributed by atoms with Gasteiger partial charge < -0.3 is 15.0 Å². The third kappa shape index (κ3) is 3.59. The molecule has 0 saturated carbocycles. The molecule has 1 spiro atoms. The van der Waals surface area contributed by atoms with E-state index in [1.165, 1.54) is 0 Å². The van der Waals surface area contributed by atoms with Crippen molar-refractivity contribution in [3.05, 3.63) is 59.9 Å². The summed E-state index contributed by atoms with van der Waals surface area (Å²) in [4.78, 5) is 31.0. The van der Waals surface area contributed by atoms with Crippen molar-refractivity contribution in [2.75, 3.05) is 13.1 Å². The van der Waals surface area contributed by atoms with Crippen molar-refractivity contribution in [3.8, 4) is 5.75 Å². The molecule has 0 radical (unpaired) electrons. The highest BCUT2D eigenvalue weighted by Crippen LogP contribution is 2.44. The first-order valence-corrected chi connectivity index (χ1v) is 9.87. The standard InChI is InChI=1S/C22H25N3O3/c1-2-25-14-11-22(10-7-20(25)26)15-18(17-5-3-4-6-19(17)28-22)24-21(27)16-8-12-23-13-9-16/h3-6,8-9,12-13,18H,2,7,10-11,14-15H2,1H3,(H,24,27). The number of amides is 2. The highest BCUT2D eigenvalue weighted by molar-refractivity contribution is 5.94. The molecule has 0 aliphatic carbocycles. The molecule has 28 heavy (non-hydrogen) atoms. The fourth-order valence-corrected chi connectivity index (χ4v) is 4.21. The summed E-state index contributed by atoms with van der Waals surface area (Å²) in [6, 6.07) is 11.1. The summed E-state index contributed by atoms with van der Waals surface area (Å²) in [6.45, 7) is 3.40. The number of aromatic nitrogens is 1. The van der Waals surface area contributed by atoms with Crippen LogP contribution in [0.15, 0.2) is 48.8 Å². The molecule has 2 amide bonds. The van der Waals surface area contributed by atoms with E-state index in [1.54, 1.807) is 24.5 Å². The molecule has 2 aromatic rings. The van der Waals surface area contributed by atoms with Gasteiger partial charge in [0.1, 0.15) is 11.4 Å². The number of pyridine rings is 1. The van der Waals surface area contributed by atoms with Crippen molar-refractivity contribution >= 4 is 11.8 Å². The number of nitrogens with zero attached hydrogens (tertiary/aromatic N) is 2. The van der Waals surface area contributed by atoms with Crippen LogP contribution in [-0.4, -0.2) is 40.4 Å². The Morgan fingerprint density at radius 2 is 2.04 bits per heavy atom. The summed E-state index contributed by atoms with van der Waals surface area (Å²) in [5.74, 6) is 0.851. The highest BCUT2D eigenvalue weighted by atomic mass is 16.5. The molecule has 4 rings (SSSR count). The third-order valence-electron chi connectivity index (χ3n) is 5.81. The second-order valence-corrected chi connectivity index (χ2v) is 7.51. The number of benzene rings is 1. The van der Waals surface area contributed by atoms with E-state index >= 15 is 0 Å². The van der Waals surface area contributed by atoms with E-state index in [9.17, 15) is 9.59 Å². The predicted molar refractivity (Wildman–Crippen MR) is 105 cm³/mol. The number of carbonyl (C=O) groups excluding carboxylic acids is 2. The Hall–Kier alpha value is -2.89. The number of hydrogen-bond donors (Lipinski definition) is 1. The number of rotatable bonds is 3. The molecule has 2 atom stereocenters. The van der Waals surface area contributed by atoms with Crippen LogP contribution in [-0.2, 0) is 4.79 Å². The molecule has 1 aromatic heterocycles. The third-order valence-corrected chi connectivity index (χ3v) is 5.81. The van der Waals surface area contributed by atoms with E-state index < -0.39 is 5.60 Å². The first-order valence-electron chi connectivity index (χ1n) is 9.87. The van der Waals surface area contributed by atoms with Gasteiger partial charge in [-0.3, -0.25) is 14.6 Å². The number of fused-ring (bicyclic) bond motifs is 1. The fourth-order valence-electron chi connectivity index (χ4n) is 4.21. The zero-order valence-corrected chi connectivity index (χ0v) is 16.1. The Morgan fingerprint density at radius 3 is 2.82 bits per heavy atom. The number of likely N-dealkylation sites (tertiary alicyclic amines) is 1. The minimum absolute atomic E-state index is 0.126. The van der Waals surface area contributed by atoms with Crippen LogP contribution in [0.1, 0.15) is 54.6 Å². The van der Waals surface area contributed by atoms with Crippen molar-refractivity contribution in [3.63, 3.8) is 0 Å². The minimum Gasteiger partial charge on any atom is -0.487 e. The topological polar surface area (TPSA) is 71.5 Å². The lowest BCUT2D eigenvalue weighted by Gasteiger charge is -2.42. The van der Waals surface area contributed by atoms with Gasteiger partial charge in [0, 0.05) is 55.9 Å². The molecule has 1 fully saturated rings. The van der Waals surface area contributed by atoms with Crippen molar-refractivity contribution in [2.45, 2.75) is 44.2 Å². The SMILES string of the molecule is CCN1CCC2(CCC1=O)CC(NC(=O)c1ccncc1)c1ccccc1O2. The largest absolute Gasteiger partial charge is 0.487 e. The van der Waals surface area contributed by atoms with E-state index in [-0.39, 0.29) is 17.9 Å². The lowest BCUT2D eigenvalue weighted by molar-refractivity contribution is -0.130. The van der Waals surface area contributed by atoms with Crippen LogP contribution in [0.25, 0.3) is 0 Å². The fraction of sp³-hybridized carbons (Fsp3) is 0.409. The highest BCUT2D eigenvalue weighted by Gasteiger charge is 2.43. The molecule has 3 heterocycles. The molecular weight excluding hydrogens is 354 g/mol. The molecule has 0 bridgehead atoms. The smallest absolute Gasteiger partial charge is 0.251 e. The van der Waals surface area contributed by atoms with Gasteiger partial charge in [0.15, 0.2) is 0 Å². The van der Waals surface area contributed by atoms with Gasteiger partial charge >= 0.3 is 0 Å². The van der Waals surface area contributed by atoms with Crippen LogP contribution in [0.3, 0.4) is 0 Å². The summed E-state index contributed by atoms with van der Waals surface area (Å²) in [7, 11) is 0. The molecule has 2 unspecified atom stereocenters. The molecule has 6 nitrogen and oxygen atoms in total. The number of carbonyl (C=O) groups is 2. The van der Waals surface area contributed by atoms with Crippen LogP contribution >= 0.6 is 0 Å². The maximum atomic E-state index is 12.8. The van der Waals surface area contributed by atoms with Gasteiger partial charge in [-0.05, 0) is 31.5 Å². The van der Waals surface area contributed by atoms with Crippen molar-refractivity contribution in [1.29, 1.82) is 0 Å². The molecular formula is C22H25N3O3. The van der Waals surface area contributed by atoms with Gasteiger partial charge in [-0.2, -0.15) is 0 Å². The Balaban J connectivity index is 1.61. The molecule has 1 aromatic carbocycles. The Labute approximate surface area is 164 Å². The van der Waals surface area contributed by atoms with Crippen molar-refractivity contribution < 1.29 is 14.3 Å². The quantitative estimate of drug-likeness (QED) is 0.890. The van der Waals surface area contributed by atoms with Crippen molar-refractivity contribution in [2.24, 2.45) is 0 Å². The van der Waals surface area contributed by atoms with E-state index in [2.05, 4.69) is 10.3 Å². The van der Waals surface area contributed by atoms with Crippen LogP contribution in [0.4, 0.5) is 0 Å². The number of ether oxygens (including phenoxy) is 1. The maximum Gasteiger partial charge on any atom is 0.251 e. The number of nitrogens with one attached hydrogen (secondary N) is 1. The van der Waals surface area contributed by atoms with Gasteiger partial charge in [-0.1, -0.05) is 18.2 Å². The van der Waals surface area contributed by atoms with Gasteiger partial charge in [0.25, 0.3) is 5.91 Å². The van der Waals surface area contributed by atoms with Gasteiger partial charge in [-0.25, -0.2) is 0 Å². The van der Waals surface area contributed by atoms with Gasteiger partial charge in [0.05, 0.1) is 6.04 Å². The minimum atomic E-state index is -0.440. The van der Waals surface area contributed by atoms with E-state index in [0.29, 0.717) is 37.9 Å². The van der Waals surface area contributed by atoms with Crippen LogP contribution in [0, 0.1) is 0 Å². The van der Waals surface area contributed by atoms with Crippen LogP contribution in [0.2, 0.25) is 0 Å². The average Bonchev–Trinajstić information content (AvgIpc) is 2.87. The second kappa shape index (κ2) is 7.62. The summed E-state index contributed by atoms with van der Waals surface area (Å²) in [5, 5.41) is 3.17. The van der Waals surface area contributed by atoms with Gasteiger partial charge in [0.2, 0.25) is 5.91 Å². The predicted octanol–water partition coefficient (Wildman–Crippen LogP) is 3.11. The normalized spacial score (nSPS) is 24.2. The molecule has 6 heteroatoms. The lowest BCUT2D eigenvalue weighted by Crippen LogP contribution is -2.46. The summed E-state index contributed by atoms with van der Waals surface area (Å²) in [6.07, 6.45) is 5.79. The molecule has 146 valence electrons. The van der Waals surface area contributed by atoms with E-state index in [4.69, 9.17) is 4.74 Å². The molecule has 1 N–H and O–H groups in total. The van der Waals surface area contributed by atoms with Crippen molar-refractivity contribution in [1.82, 2.24) is 15.2 Å². The number of para-hydroxylation sites is 1. The summed E-state index contributed by atoms with van der Waals surface area (Å²) in [5.41, 5.74) is 1.13. The van der Waals surface area contributed by atoms with Gasteiger partial charge in [-0.15, -0.1) is 0 Å². The summed E-state index contributed by atoms with van der Waals surface area (Å²) >= 11 is 0. The average molecular weight is 379 g/mol. The zero-order chi connectivity index (χ0) is 19.6. The first-order chi connectivity index (χ1) is 13.6. The first kappa shape index (κ1) is 18.5. The second-order valence-electron chi connectivity index (χ2n) is 7.51. The van der Waals surface area contributed by atoms with Crippen LogP contribution in [0.5, 0.6) is 5.75 Å². The monoisotopic (exact) mass is 379 g/mol. The van der Waals surface area contributed by atoms with E-state index in [0.717, 1.165) is 17.7 Å². The maximum absolute atomic E-state index is 12.8. The Kier molecular flexibility index (Phi) is 5.03. The zero-order valence-electron chi connectivity index (χ0n) is 16.1. The lowest BCUT2D eigenvalue weighted by atomic mass is 9.82. The molecule has 1 saturated heterocycles. The summed E-state index contributed by atoms with van der Waals surface area (Å²) < 4.78 is 6.46. The van der Waals surface area contributed by atoms with E-state index in [1.807, 2.05) is 36.1 Å². The van der Waals surface area contributed by atoms with Crippen LogP contribution < -0.4 is 10.1 Å². The molecule has 2 aliphatic rings. The number of hydrogen-bond acceptors (Lipinski definition) is 4. The Bertz CT molecular complexity index is 870. The molecule has 2 aliphatic heterocycles.